The third-order valence-electron chi connectivity index (χ3n) is 4.08. The van der Waals surface area contributed by atoms with Crippen LogP contribution in [0.25, 0.3) is 0 Å². The monoisotopic (exact) mass is 416 g/mol. The molecule has 0 radical (unpaired) electrons. The highest BCUT2D eigenvalue weighted by Crippen LogP contribution is 2.35. The summed E-state index contributed by atoms with van der Waals surface area (Å²) in [6.45, 7) is 3.92. The molecule has 3 rings (SSSR count). The van der Waals surface area contributed by atoms with Gasteiger partial charge in [-0.05, 0) is 43.0 Å². The van der Waals surface area contributed by atoms with Gasteiger partial charge in [0.15, 0.2) is 5.17 Å². The van der Waals surface area contributed by atoms with Crippen molar-refractivity contribution in [3.05, 3.63) is 69.1 Å². The number of amidine groups is 1. The fraction of sp³-hybridized carbons (Fsp3) is 0.250. The number of nitrogens with zero attached hydrogens (tertiary/aromatic N) is 1. The molecule has 0 saturated carbocycles. The van der Waals surface area contributed by atoms with Crippen molar-refractivity contribution in [2.45, 2.75) is 25.6 Å². The van der Waals surface area contributed by atoms with Crippen LogP contribution in [0.15, 0.2) is 58.0 Å². The van der Waals surface area contributed by atoms with Gasteiger partial charge < -0.3 is 15.2 Å². The van der Waals surface area contributed by atoms with E-state index in [1.807, 2.05) is 30.5 Å². The molecule has 6 nitrogen and oxygen atoms in total. The minimum atomic E-state index is -0.949. The van der Waals surface area contributed by atoms with Gasteiger partial charge in [0.1, 0.15) is 6.04 Å². The number of aliphatic imine (C=N–C) groups is 1. The molecule has 146 valence electrons. The second-order valence-electron chi connectivity index (χ2n) is 6.03. The summed E-state index contributed by atoms with van der Waals surface area (Å²) in [5.74, 6) is -0.755. The lowest BCUT2D eigenvalue weighted by Crippen LogP contribution is -2.30. The van der Waals surface area contributed by atoms with Gasteiger partial charge in [-0.1, -0.05) is 30.0 Å². The fourth-order valence-electron chi connectivity index (χ4n) is 2.79. The van der Waals surface area contributed by atoms with E-state index in [2.05, 4.69) is 5.32 Å². The molecule has 8 heteroatoms. The molecule has 0 saturated heterocycles. The van der Waals surface area contributed by atoms with Crippen LogP contribution in [0.2, 0.25) is 0 Å². The Hall–Kier alpha value is -2.58. The van der Waals surface area contributed by atoms with Gasteiger partial charge in [0, 0.05) is 16.3 Å². The number of carboxylic acids is 1. The number of carbonyl (C=O) groups excluding carboxylic acids is 1. The van der Waals surface area contributed by atoms with Gasteiger partial charge in [-0.3, -0.25) is 0 Å². The zero-order valence-electron chi connectivity index (χ0n) is 15.5. The number of ether oxygens (including phenoxy) is 1. The number of allylic oxidation sites excluding steroid dienone is 1. The Kier molecular flexibility index (Phi) is 6.53. The average Bonchev–Trinajstić information content (AvgIpc) is 3.21. The van der Waals surface area contributed by atoms with Crippen LogP contribution in [0.1, 0.15) is 40.7 Å². The SMILES string of the molecule is CCOC(=O)C1=C(C)NC(SCc2cccc(C(=O)O)c2)=N[C@H]1c1cccs1. The molecule has 0 unspecified atom stereocenters. The smallest absolute Gasteiger partial charge is 0.338 e. The maximum Gasteiger partial charge on any atom is 0.338 e. The van der Waals surface area contributed by atoms with Gasteiger partial charge in [-0.25, -0.2) is 14.6 Å². The van der Waals surface area contributed by atoms with Crippen molar-refractivity contribution in [3.63, 3.8) is 0 Å². The number of hydrogen-bond donors (Lipinski definition) is 2. The zero-order valence-corrected chi connectivity index (χ0v) is 17.1. The largest absolute Gasteiger partial charge is 0.478 e. The lowest BCUT2D eigenvalue weighted by Gasteiger charge is -2.25. The van der Waals surface area contributed by atoms with Crippen molar-refractivity contribution in [1.82, 2.24) is 5.32 Å². The van der Waals surface area contributed by atoms with E-state index < -0.39 is 12.0 Å². The second-order valence-corrected chi connectivity index (χ2v) is 7.97. The van der Waals surface area contributed by atoms with Crippen molar-refractivity contribution in [1.29, 1.82) is 0 Å². The summed E-state index contributed by atoms with van der Waals surface area (Å²) in [5, 5.41) is 15.0. The van der Waals surface area contributed by atoms with Gasteiger partial charge in [0.2, 0.25) is 0 Å². The normalized spacial score (nSPS) is 16.4. The number of nitrogens with one attached hydrogen (secondary N) is 1. The highest BCUT2D eigenvalue weighted by Gasteiger charge is 2.31. The van der Waals surface area contributed by atoms with E-state index in [0.717, 1.165) is 10.4 Å². The lowest BCUT2D eigenvalue weighted by atomic mass is 10.0. The Balaban J connectivity index is 1.81. The molecular formula is C20H20N2O4S2. The van der Waals surface area contributed by atoms with Gasteiger partial charge in [0.25, 0.3) is 0 Å². The maximum absolute atomic E-state index is 12.5. The van der Waals surface area contributed by atoms with E-state index in [1.54, 1.807) is 36.5 Å². The quantitative estimate of drug-likeness (QED) is 0.686. The van der Waals surface area contributed by atoms with E-state index >= 15 is 0 Å². The van der Waals surface area contributed by atoms with Gasteiger partial charge in [0.05, 0.1) is 17.7 Å². The third-order valence-corrected chi connectivity index (χ3v) is 5.96. The van der Waals surface area contributed by atoms with Crippen LogP contribution in [0, 0.1) is 0 Å². The minimum absolute atomic E-state index is 0.258. The van der Waals surface area contributed by atoms with Crippen LogP contribution in [-0.4, -0.2) is 28.8 Å². The van der Waals surface area contributed by atoms with Crippen LogP contribution in [0.3, 0.4) is 0 Å². The summed E-state index contributed by atoms with van der Waals surface area (Å²) in [7, 11) is 0. The maximum atomic E-state index is 12.5. The molecule has 1 aromatic heterocycles. The van der Waals surface area contributed by atoms with Crippen LogP contribution in [0.5, 0.6) is 0 Å². The molecule has 0 fully saturated rings. The first kappa shape index (κ1) is 20.2. The number of thiophene rings is 1. The van der Waals surface area contributed by atoms with Crippen molar-refractivity contribution in [3.8, 4) is 0 Å². The molecule has 2 heterocycles. The van der Waals surface area contributed by atoms with Crippen molar-refractivity contribution in [2.75, 3.05) is 6.61 Å². The lowest BCUT2D eigenvalue weighted by molar-refractivity contribution is -0.138. The zero-order chi connectivity index (χ0) is 20.1. The summed E-state index contributed by atoms with van der Waals surface area (Å²) < 4.78 is 5.22. The molecule has 2 aromatic rings. The minimum Gasteiger partial charge on any atom is -0.478 e. The molecule has 1 aromatic carbocycles. The number of rotatable bonds is 6. The number of thioether (sulfide) groups is 1. The van der Waals surface area contributed by atoms with Crippen molar-refractivity contribution in [2.24, 2.45) is 4.99 Å². The second kappa shape index (κ2) is 9.07. The number of aromatic carboxylic acids is 1. The highest BCUT2D eigenvalue weighted by molar-refractivity contribution is 8.13. The van der Waals surface area contributed by atoms with E-state index in [0.29, 0.717) is 28.8 Å². The fourth-order valence-corrected chi connectivity index (χ4v) is 4.45. The number of hydrogen-bond acceptors (Lipinski definition) is 7. The number of benzene rings is 1. The van der Waals surface area contributed by atoms with Crippen molar-refractivity contribution >= 4 is 40.2 Å². The molecule has 1 aliphatic heterocycles. The van der Waals surface area contributed by atoms with Gasteiger partial charge in [-0.2, -0.15) is 0 Å². The molecule has 0 spiro atoms. The Morgan fingerprint density at radius 1 is 1.32 bits per heavy atom. The predicted octanol–water partition coefficient (Wildman–Crippen LogP) is 4.22. The third kappa shape index (κ3) is 4.63. The number of carbonyl (C=O) groups is 2. The Bertz CT molecular complexity index is 935. The van der Waals surface area contributed by atoms with Crippen molar-refractivity contribution < 1.29 is 19.4 Å². The first-order valence-electron chi connectivity index (χ1n) is 8.70. The molecule has 28 heavy (non-hydrogen) atoms. The van der Waals surface area contributed by atoms with E-state index in [4.69, 9.17) is 14.8 Å². The van der Waals surface area contributed by atoms with Crippen LogP contribution >= 0.6 is 23.1 Å². The number of carboxylic acid groups (broad SMARTS) is 1. The highest BCUT2D eigenvalue weighted by atomic mass is 32.2. The summed E-state index contributed by atoms with van der Waals surface area (Å²) in [6, 6.07) is 10.3. The van der Waals surface area contributed by atoms with Crippen LogP contribution in [-0.2, 0) is 15.3 Å². The summed E-state index contributed by atoms with van der Waals surface area (Å²) in [6.07, 6.45) is 0. The Labute approximate surface area is 171 Å². The molecule has 1 aliphatic rings. The summed E-state index contributed by atoms with van der Waals surface area (Å²) >= 11 is 3.01. The molecule has 0 bridgehead atoms. The van der Waals surface area contributed by atoms with E-state index in [9.17, 15) is 9.59 Å². The first-order chi connectivity index (χ1) is 13.5. The van der Waals surface area contributed by atoms with E-state index in [-0.39, 0.29) is 11.5 Å². The molecule has 1 atom stereocenters. The summed E-state index contributed by atoms with van der Waals surface area (Å²) in [5.41, 5.74) is 2.38. The Morgan fingerprint density at radius 2 is 2.14 bits per heavy atom. The predicted molar refractivity (Wildman–Crippen MR) is 112 cm³/mol. The van der Waals surface area contributed by atoms with Crippen LogP contribution in [0.4, 0.5) is 0 Å². The van der Waals surface area contributed by atoms with Gasteiger partial charge >= 0.3 is 11.9 Å². The molecule has 0 amide bonds. The standard InChI is InChI=1S/C20H20N2O4S2/c1-3-26-19(25)16-12(2)21-20(22-17(16)15-8-5-9-27-15)28-11-13-6-4-7-14(10-13)18(23)24/h4-10,17H,3,11H2,1-2H3,(H,21,22)(H,23,24)/t17-/m0/s1. The average molecular weight is 417 g/mol. The Morgan fingerprint density at radius 3 is 2.82 bits per heavy atom. The topological polar surface area (TPSA) is 88.0 Å². The number of esters is 1. The van der Waals surface area contributed by atoms with Gasteiger partial charge in [-0.15, -0.1) is 11.3 Å². The van der Waals surface area contributed by atoms with E-state index in [1.165, 1.54) is 11.8 Å². The summed E-state index contributed by atoms with van der Waals surface area (Å²) in [4.78, 5) is 29.3. The molecule has 2 N–H and O–H groups in total. The molecular weight excluding hydrogens is 396 g/mol. The first-order valence-corrected chi connectivity index (χ1v) is 10.6. The molecule has 0 aliphatic carbocycles. The van der Waals surface area contributed by atoms with Crippen LogP contribution < -0.4 is 5.32 Å².